The van der Waals surface area contributed by atoms with E-state index >= 15 is 0 Å². The predicted octanol–water partition coefficient (Wildman–Crippen LogP) is 6.09. The molecule has 0 bridgehead atoms. The van der Waals surface area contributed by atoms with E-state index in [-0.39, 0.29) is 5.91 Å². The van der Waals surface area contributed by atoms with Crippen LogP contribution in [0.5, 0.6) is 0 Å². The Bertz CT molecular complexity index is 511. The molecule has 0 atom stereocenters. The lowest BCUT2D eigenvalue weighted by Crippen LogP contribution is -2.34. The Kier molecular flexibility index (Phi) is 15.2. The number of rotatable bonds is 18. The molecule has 0 saturated heterocycles. The number of carbonyl (C=O) groups is 1. The third-order valence-corrected chi connectivity index (χ3v) is 5.61. The van der Waals surface area contributed by atoms with Crippen LogP contribution in [0.15, 0.2) is 24.3 Å². The van der Waals surface area contributed by atoms with Gasteiger partial charge in [-0.3, -0.25) is 4.79 Å². The van der Waals surface area contributed by atoms with E-state index in [0.29, 0.717) is 6.54 Å². The van der Waals surface area contributed by atoms with Gasteiger partial charge in [-0.25, -0.2) is 0 Å². The van der Waals surface area contributed by atoms with E-state index in [2.05, 4.69) is 36.3 Å². The quantitative estimate of drug-likeness (QED) is 0.291. The van der Waals surface area contributed by atoms with E-state index in [1.807, 2.05) is 24.3 Å². The van der Waals surface area contributed by atoms with Gasteiger partial charge in [-0.05, 0) is 43.8 Å². The lowest BCUT2D eigenvalue weighted by atomic mass is 10.1. The number of nitrogens with zero attached hydrogens (tertiary/aromatic N) is 1. The molecule has 0 heterocycles. The highest BCUT2D eigenvalue weighted by Gasteiger charge is 2.06. The van der Waals surface area contributed by atoms with Crippen molar-refractivity contribution in [2.75, 3.05) is 38.0 Å². The van der Waals surface area contributed by atoms with Crippen LogP contribution in [0.2, 0.25) is 0 Å². The predicted molar refractivity (Wildman–Crippen MR) is 127 cm³/mol. The lowest BCUT2D eigenvalue weighted by molar-refractivity contribution is 0.0949. The number of carbonyl (C=O) groups excluding carboxylic acids is 1. The second kappa shape index (κ2) is 17.3. The van der Waals surface area contributed by atoms with Gasteiger partial charge in [0, 0.05) is 30.9 Å². The Labute approximate surface area is 179 Å². The Balaban J connectivity index is 2.08. The highest BCUT2D eigenvalue weighted by molar-refractivity contribution is 5.94. The summed E-state index contributed by atoms with van der Waals surface area (Å²) in [5.41, 5.74) is 1.83. The minimum Gasteiger partial charge on any atom is -0.385 e. The molecule has 0 aromatic heterocycles. The highest BCUT2D eigenvalue weighted by atomic mass is 16.1. The molecule has 4 heteroatoms. The normalized spacial score (nSPS) is 11.0. The number of benzene rings is 1. The summed E-state index contributed by atoms with van der Waals surface area (Å²) >= 11 is 0. The van der Waals surface area contributed by atoms with Crippen molar-refractivity contribution in [3.05, 3.63) is 29.8 Å². The summed E-state index contributed by atoms with van der Waals surface area (Å²) < 4.78 is 0. The van der Waals surface area contributed by atoms with E-state index < -0.39 is 0 Å². The monoisotopic (exact) mass is 403 g/mol. The van der Waals surface area contributed by atoms with Crippen molar-refractivity contribution < 1.29 is 4.79 Å². The molecular formula is C25H45N3O. The number of anilines is 1. The third kappa shape index (κ3) is 12.6. The van der Waals surface area contributed by atoms with Crippen molar-refractivity contribution in [2.45, 2.75) is 85.0 Å². The number of hydrogen-bond acceptors (Lipinski definition) is 3. The van der Waals surface area contributed by atoms with E-state index in [0.717, 1.165) is 37.4 Å². The van der Waals surface area contributed by atoms with Crippen molar-refractivity contribution >= 4 is 11.6 Å². The fourth-order valence-electron chi connectivity index (χ4n) is 3.55. The number of amides is 1. The average molecular weight is 404 g/mol. The first-order valence-corrected chi connectivity index (χ1v) is 12.1. The van der Waals surface area contributed by atoms with Crippen LogP contribution in [0.1, 0.15) is 95.3 Å². The minimum atomic E-state index is 0.0124. The van der Waals surface area contributed by atoms with Crippen LogP contribution in [0.25, 0.3) is 0 Å². The zero-order valence-corrected chi connectivity index (χ0v) is 19.3. The molecule has 2 N–H and O–H groups in total. The van der Waals surface area contributed by atoms with Crippen molar-refractivity contribution in [2.24, 2.45) is 0 Å². The summed E-state index contributed by atoms with van der Waals surface area (Å²) in [6.07, 6.45) is 13.6. The Hall–Kier alpha value is -1.55. The third-order valence-electron chi connectivity index (χ3n) is 5.61. The number of unbranched alkanes of at least 4 members (excludes halogenated alkanes) is 9. The Morgan fingerprint density at radius 1 is 0.759 bits per heavy atom. The first-order valence-electron chi connectivity index (χ1n) is 12.1. The van der Waals surface area contributed by atoms with Crippen LogP contribution in [0.3, 0.4) is 0 Å². The maximum absolute atomic E-state index is 12.2. The molecule has 0 spiro atoms. The zero-order chi connectivity index (χ0) is 21.2. The van der Waals surface area contributed by atoms with Crippen molar-refractivity contribution in [1.29, 1.82) is 0 Å². The van der Waals surface area contributed by atoms with Crippen LogP contribution in [-0.4, -0.2) is 43.5 Å². The van der Waals surface area contributed by atoms with Crippen LogP contribution >= 0.6 is 0 Å². The molecule has 1 amide bonds. The lowest BCUT2D eigenvalue weighted by Gasteiger charge is -2.18. The van der Waals surface area contributed by atoms with E-state index in [1.54, 1.807) is 0 Å². The van der Waals surface area contributed by atoms with Gasteiger partial charge in [-0.15, -0.1) is 0 Å². The molecule has 1 aromatic carbocycles. The summed E-state index contributed by atoms with van der Waals surface area (Å²) in [6.45, 7) is 11.2. The summed E-state index contributed by atoms with van der Waals surface area (Å²) in [5.74, 6) is 0.0124. The number of nitrogens with one attached hydrogen (secondary N) is 2. The van der Waals surface area contributed by atoms with Crippen LogP contribution < -0.4 is 10.6 Å². The highest BCUT2D eigenvalue weighted by Crippen LogP contribution is 2.12. The van der Waals surface area contributed by atoms with E-state index in [4.69, 9.17) is 0 Å². The molecule has 1 rings (SSSR count). The van der Waals surface area contributed by atoms with Crippen molar-refractivity contribution in [1.82, 2.24) is 10.2 Å². The van der Waals surface area contributed by atoms with Gasteiger partial charge >= 0.3 is 0 Å². The smallest absolute Gasteiger partial charge is 0.251 e. The SMILES string of the molecule is CCCCCCCCCCCCNc1ccc(C(=O)NCCN(CC)CC)cc1. The van der Waals surface area contributed by atoms with E-state index in [1.165, 1.54) is 64.2 Å². The van der Waals surface area contributed by atoms with Gasteiger partial charge in [0.1, 0.15) is 0 Å². The van der Waals surface area contributed by atoms with Crippen LogP contribution in [0, 0.1) is 0 Å². The summed E-state index contributed by atoms with van der Waals surface area (Å²) in [5, 5.41) is 6.48. The van der Waals surface area contributed by atoms with Gasteiger partial charge in [0.15, 0.2) is 0 Å². The van der Waals surface area contributed by atoms with Crippen LogP contribution in [-0.2, 0) is 0 Å². The summed E-state index contributed by atoms with van der Waals surface area (Å²) in [7, 11) is 0. The first kappa shape index (κ1) is 25.5. The van der Waals surface area contributed by atoms with Crippen molar-refractivity contribution in [3.8, 4) is 0 Å². The molecule has 0 fully saturated rings. The molecule has 166 valence electrons. The maximum atomic E-state index is 12.2. The van der Waals surface area contributed by atoms with Gasteiger partial charge in [0.25, 0.3) is 5.91 Å². The fraction of sp³-hybridized carbons (Fsp3) is 0.720. The first-order chi connectivity index (χ1) is 14.2. The molecule has 0 radical (unpaired) electrons. The zero-order valence-electron chi connectivity index (χ0n) is 19.3. The summed E-state index contributed by atoms with van der Waals surface area (Å²) in [4.78, 5) is 14.5. The second-order valence-corrected chi connectivity index (χ2v) is 7.97. The van der Waals surface area contributed by atoms with Crippen molar-refractivity contribution in [3.63, 3.8) is 0 Å². The van der Waals surface area contributed by atoms with Gasteiger partial charge < -0.3 is 15.5 Å². The molecule has 0 aliphatic heterocycles. The Morgan fingerprint density at radius 3 is 1.86 bits per heavy atom. The molecule has 0 aliphatic carbocycles. The molecule has 0 saturated carbocycles. The largest absolute Gasteiger partial charge is 0.385 e. The molecule has 0 unspecified atom stereocenters. The summed E-state index contributed by atoms with van der Waals surface area (Å²) in [6, 6.07) is 7.84. The standard InChI is InChI=1S/C25H45N3O/c1-4-7-8-9-10-11-12-13-14-15-20-26-24-18-16-23(17-19-24)25(29)27-21-22-28(5-2)6-3/h16-19,26H,4-15,20-22H2,1-3H3,(H,27,29). The van der Waals surface area contributed by atoms with Gasteiger partial charge in [0.05, 0.1) is 0 Å². The fourth-order valence-corrected chi connectivity index (χ4v) is 3.55. The number of likely N-dealkylation sites (N-methyl/N-ethyl adjacent to an activating group) is 1. The maximum Gasteiger partial charge on any atom is 0.251 e. The molecule has 1 aromatic rings. The Morgan fingerprint density at radius 2 is 1.31 bits per heavy atom. The molecule has 4 nitrogen and oxygen atoms in total. The van der Waals surface area contributed by atoms with Crippen LogP contribution in [0.4, 0.5) is 5.69 Å². The topological polar surface area (TPSA) is 44.4 Å². The van der Waals surface area contributed by atoms with Gasteiger partial charge in [0.2, 0.25) is 0 Å². The minimum absolute atomic E-state index is 0.0124. The second-order valence-electron chi connectivity index (χ2n) is 7.97. The molecular weight excluding hydrogens is 358 g/mol. The van der Waals surface area contributed by atoms with Gasteiger partial charge in [-0.2, -0.15) is 0 Å². The average Bonchev–Trinajstić information content (AvgIpc) is 2.75. The van der Waals surface area contributed by atoms with Gasteiger partial charge in [-0.1, -0.05) is 78.6 Å². The number of hydrogen-bond donors (Lipinski definition) is 2. The molecule has 29 heavy (non-hydrogen) atoms. The molecule has 0 aliphatic rings. The van der Waals surface area contributed by atoms with E-state index in [9.17, 15) is 4.79 Å².